The first-order valence-electron chi connectivity index (χ1n) is 7.81. The maximum atomic E-state index is 12.1. The van der Waals surface area contributed by atoms with E-state index in [0.29, 0.717) is 30.8 Å². The number of aromatic nitrogens is 1. The second-order valence-corrected chi connectivity index (χ2v) is 5.56. The van der Waals surface area contributed by atoms with Crippen molar-refractivity contribution in [2.45, 2.75) is 44.6 Å². The Morgan fingerprint density at radius 3 is 2.62 bits per heavy atom. The fraction of sp³-hybridized carbons (Fsp3) is 0.389. The summed E-state index contributed by atoms with van der Waals surface area (Å²) in [6.45, 7) is 0.311. The van der Waals surface area contributed by atoms with Crippen LogP contribution in [0.1, 0.15) is 43.0 Å². The van der Waals surface area contributed by atoms with Gasteiger partial charge in [-0.05, 0) is 42.7 Å². The van der Waals surface area contributed by atoms with Crippen LogP contribution in [0.4, 0.5) is 13.2 Å². The minimum atomic E-state index is -4.13. The topological polar surface area (TPSA) is 42.4 Å². The molecule has 0 saturated carbocycles. The number of aliphatic hydroxyl groups is 1. The van der Waals surface area contributed by atoms with Crippen LogP contribution >= 0.6 is 0 Å². The molecule has 0 bridgehead atoms. The zero-order valence-corrected chi connectivity index (χ0v) is 13.2. The van der Waals surface area contributed by atoms with Crippen molar-refractivity contribution in [3.63, 3.8) is 0 Å². The summed E-state index contributed by atoms with van der Waals surface area (Å²) >= 11 is 0. The summed E-state index contributed by atoms with van der Waals surface area (Å²) in [5.41, 5.74) is 1.43. The number of hydrogen-bond acceptors (Lipinski definition) is 3. The van der Waals surface area contributed by atoms with E-state index >= 15 is 0 Å². The van der Waals surface area contributed by atoms with Gasteiger partial charge in [-0.2, -0.15) is 13.2 Å². The minimum Gasteiger partial charge on any atom is -0.487 e. The molecule has 24 heavy (non-hydrogen) atoms. The van der Waals surface area contributed by atoms with Crippen molar-refractivity contribution in [2.24, 2.45) is 0 Å². The van der Waals surface area contributed by atoms with Crippen LogP contribution in [0.2, 0.25) is 0 Å². The van der Waals surface area contributed by atoms with E-state index in [-0.39, 0.29) is 6.42 Å². The predicted octanol–water partition coefficient (Wildman–Crippen LogP) is 4.82. The van der Waals surface area contributed by atoms with Gasteiger partial charge in [0.2, 0.25) is 0 Å². The number of rotatable bonds is 8. The number of ether oxygens (including phenoxy) is 1. The maximum absolute atomic E-state index is 12.1. The van der Waals surface area contributed by atoms with Gasteiger partial charge in [-0.3, -0.25) is 4.98 Å². The molecule has 0 radical (unpaired) electrons. The van der Waals surface area contributed by atoms with E-state index in [1.165, 1.54) is 0 Å². The van der Waals surface area contributed by atoms with Crippen molar-refractivity contribution in [1.82, 2.24) is 4.98 Å². The fourth-order valence-corrected chi connectivity index (χ4v) is 2.28. The maximum Gasteiger partial charge on any atom is 0.389 e. The van der Waals surface area contributed by atoms with Gasteiger partial charge < -0.3 is 9.84 Å². The van der Waals surface area contributed by atoms with Crippen LogP contribution in [-0.2, 0) is 6.61 Å². The molecule has 1 aromatic carbocycles. The summed E-state index contributed by atoms with van der Waals surface area (Å²) in [4.78, 5) is 4.15. The van der Waals surface area contributed by atoms with Crippen LogP contribution in [0.3, 0.4) is 0 Å². The summed E-state index contributed by atoms with van der Waals surface area (Å²) in [7, 11) is 0. The smallest absolute Gasteiger partial charge is 0.389 e. The van der Waals surface area contributed by atoms with Crippen LogP contribution in [0.15, 0.2) is 48.7 Å². The summed E-state index contributed by atoms with van der Waals surface area (Å²) in [6, 6.07) is 12.5. The number of aliphatic hydroxyl groups excluding tert-OH is 1. The Labute approximate surface area is 139 Å². The van der Waals surface area contributed by atoms with Gasteiger partial charge in [0, 0.05) is 12.6 Å². The van der Waals surface area contributed by atoms with E-state index in [9.17, 15) is 18.3 Å². The third kappa shape index (κ3) is 6.58. The van der Waals surface area contributed by atoms with Gasteiger partial charge >= 0.3 is 6.18 Å². The van der Waals surface area contributed by atoms with Crippen molar-refractivity contribution in [3.8, 4) is 5.75 Å². The lowest BCUT2D eigenvalue weighted by atomic mass is 10.0. The van der Waals surface area contributed by atoms with Crippen LogP contribution in [0, 0.1) is 0 Å². The van der Waals surface area contributed by atoms with Crippen molar-refractivity contribution >= 4 is 0 Å². The third-order valence-corrected chi connectivity index (χ3v) is 3.54. The normalized spacial score (nSPS) is 12.8. The van der Waals surface area contributed by atoms with E-state index in [1.807, 2.05) is 18.2 Å². The third-order valence-electron chi connectivity index (χ3n) is 3.54. The number of hydrogen-bond donors (Lipinski definition) is 1. The second-order valence-electron chi connectivity index (χ2n) is 5.56. The fourth-order valence-electron chi connectivity index (χ4n) is 2.28. The van der Waals surface area contributed by atoms with E-state index < -0.39 is 18.7 Å². The second kappa shape index (κ2) is 8.68. The quantitative estimate of drug-likeness (QED) is 0.701. The van der Waals surface area contributed by atoms with E-state index in [2.05, 4.69) is 4.98 Å². The lowest BCUT2D eigenvalue weighted by Crippen LogP contribution is -2.07. The van der Waals surface area contributed by atoms with E-state index in [1.54, 1.807) is 30.5 Å². The molecule has 0 amide bonds. The number of unbranched alkanes of at least 4 members (excludes halogenated alkanes) is 1. The highest BCUT2D eigenvalue weighted by Crippen LogP contribution is 2.27. The molecular formula is C18H20F3NO2. The Balaban J connectivity index is 1.82. The molecule has 2 aromatic rings. The SMILES string of the molecule is OC(CCCCC(F)(F)F)c1cccc(OCc2ccccn2)c1. The number of halogens is 3. The molecule has 1 aromatic heterocycles. The van der Waals surface area contributed by atoms with Crippen molar-refractivity contribution in [1.29, 1.82) is 0 Å². The van der Waals surface area contributed by atoms with Crippen LogP contribution in [0.5, 0.6) is 5.75 Å². The Morgan fingerprint density at radius 1 is 1.08 bits per heavy atom. The minimum absolute atomic E-state index is 0.0242. The molecule has 0 saturated heterocycles. The monoisotopic (exact) mass is 339 g/mol. The number of benzene rings is 1. The molecule has 0 spiro atoms. The molecule has 1 N–H and O–H groups in total. The first-order chi connectivity index (χ1) is 11.4. The molecule has 1 atom stereocenters. The summed E-state index contributed by atoms with van der Waals surface area (Å²) < 4.78 is 41.9. The molecule has 1 unspecified atom stereocenters. The van der Waals surface area contributed by atoms with Crippen LogP contribution < -0.4 is 4.74 Å². The van der Waals surface area contributed by atoms with Gasteiger partial charge in [0.1, 0.15) is 12.4 Å². The van der Waals surface area contributed by atoms with E-state index in [4.69, 9.17) is 4.74 Å². The standard InChI is InChI=1S/C18H20F3NO2/c19-18(20,21)10-3-1-9-17(23)14-6-5-8-16(12-14)24-13-15-7-2-4-11-22-15/h2,4-8,11-12,17,23H,1,3,9-10,13H2. The zero-order valence-electron chi connectivity index (χ0n) is 13.2. The first-order valence-corrected chi connectivity index (χ1v) is 7.81. The predicted molar refractivity (Wildman–Crippen MR) is 84.5 cm³/mol. The lowest BCUT2D eigenvalue weighted by molar-refractivity contribution is -0.135. The molecule has 0 aliphatic carbocycles. The summed E-state index contributed by atoms with van der Waals surface area (Å²) in [5, 5.41) is 10.1. The molecular weight excluding hydrogens is 319 g/mol. The van der Waals surface area contributed by atoms with Crippen molar-refractivity contribution in [2.75, 3.05) is 0 Å². The Bertz CT molecular complexity index is 617. The first kappa shape index (κ1) is 18.3. The van der Waals surface area contributed by atoms with Gasteiger partial charge in [-0.15, -0.1) is 0 Å². The summed E-state index contributed by atoms with van der Waals surface area (Å²) in [6.07, 6.45) is -3.43. The van der Waals surface area contributed by atoms with Gasteiger partial charge in [0.25, 0.3) is 0 Å². The Hall–Kier alpha value is -2.08. The molecule has 0 fully saturated rings. The molecule has 0 aliphatic heterocycles. The molecule has 3 nitrogen and oxygen atoms in total. The molecule has 1 heterocycles. The van der Waals surface area contributed by atoms with Crippen molar-refractivity contribution < 1.29 is 23.0 Å². The lowest BCUT2D eigenvalue weighted by Gasteiger charge is -2.13. The average Bonchev–Trinajstić information content (AvgIpc) is 2.57. The highest BCUT2D eigenvalue weighted by Gasteiger charge is 2.26. The number of alkyl halides is 3. The largest absolute Gasteiger partial charge is 0.487 e. The Kier molecular flexibility index (Phi) is 6.61. The van der Waals surface area contributed by atoms with Crippen molar-refractivity contribution in [3.05, 3.63) is 59.9 Å². The average molecular weight is 339 g/mol. The molecule has 2 rings (SSSR count). The van der Waals surface area contributed by atoms with Crippen LogP contribution in [-0.4, -0.2) is 16.3 Å². The Morgan fingerprint density at radius 2 is 1.92 bits per heavy atom. The zero-order chi connectivity index (χ0) is 17.4. The van der Waals surface area contributed by atoms with Crippen LogP contribution in [0.25, 0.3) is 0 Å². The summed E-state index contributed by atoms with van der Waals surface area (Å²) in [5.74, 6) is 0.590. The molecule has 130 valence electrons. The van der Waals surface area contributed by atoms with Gasteiger partial charge in [-0.25, -0.2) is 0 Å². The molecule has 0 aliphatic rings. The van der Waals surface area contributed by atoms with Gasteiger partial charge in [0.15, 0.2) is 0 Å². The highest BCUT2D eigenvalue weighted by molar-refractivity contribution is 5.30. The molecule has 6 heteroatoms. The van der Waals surface area contributed by atoms with E-state index in [0.717, 1.165) is 5.69 Å². The number of nitrogens with zero attached hydrogens (tertiary/aromatic N) is 1. The van der Waals surface area contributed by atoms with Gasteiger partial charge in [0.05, 0.1) is 11.8 Å². The number of pyridine rings is 1. The van der Waals surface area contributed by atoms with Gasteiger partial charge in [-0.1, -0.05) is 24.6 Å². The highest BCUT2D eigenvalue weighted by atomic mass is 19.4.